The highest BCUT2D eigenvalue weighted by Gasteiger charge is 2.55. The number of carbonyl (C=O) groups is 2. The number of carboxylic acid groups (broad SMARTS) is 1. The summed E-state index contributed by atoms with van der Waals surface area (Å²) in [4.78, 5) is 24.9. The second kappa shape index (κ2) is 5.12. The first-order valence-corrected chi connectivity index (χ1v) is 7.92. The molecule has 2 heterocycles. The number of aromatic nitrogens is 2. The predicted molar refractivity (Wildman–Crippen MR) is 82.7 cm³/mol. The molecular weight excluding hydrogens is 322 g/mol. The molecule has 0 atom stereocenters. The lowest BCUT2D eigenvalue weighted by molar-refractivity contribution is -0.0931. The number of ether oxygens (including phenoxy) is 1. The van der Waals surface area contributed by atoms with Crippen molar-refractivity contribution in [3.8, 4) is 0 Å². The van der Waals surface area contributed by atoms with E-state index in [0.29, 0.717) is 13.1 Å². The molecule has 0 aromatic carbocycles. The van der Waals surface area contributed by atoms with Gasteiger partial charge in [0, 0.05) is 18.5 Å². The Bertz CT molecular complexity index is 650. The maximum absolute atomic E-state index is 12.0. The summed E-state index contributed by atoms with van der Waals surface area (Å²) in [5, 5.41) is 13.5. The summed E-state index contributed by atoms with van der Waals surface area (Å²) in [6.07, 6.45) is 2.67. The Kier molecular flexibility index (Phi) is 3.59. The second-order valence-corrected chi connectivity index (χ2v) is 7.90. The van der Waals surface area contributed by atoms with Crippen molar-refractivity contribution in [3.63, 3.8) is 0 Å². The third-order valence-corrected chi connectivity index (χ3v) is 4.62. The van der Waals surface area contributed by atoms with Crippen LogP contribution in [0.2, 0.25) is 5.02 Å². The molecule has 1 N–H and O–H groups in total. The van der Waals surface area contributed by atoms with E-state index >= 15 is 0 Å². The van der Waals surface area contributed by atoms with Crippen molar-refractivity contribution in [3.05, 3.63) is 16.9 Å². The van der Waals surface area contributed by atoms with Crippen LogP contribution < -0.4 is 0 Å². The van der Waals surface area contributed by atoms with Gasteiger partial charge < -0.3 is 14.7 Å². The summed E-state index contributed by atoms with van der Waals surface area (Å²) in [5.41, 5.74) is -0.394. The van der Waals surface area contributed by atoms with Crippen LogP contribution in [-0.4, -0.2) is 50.5 Å². The van der Waals surface area contributed by atoms with Crippen molar-refractivity contribution in [1.29, 1.82) is 0 Å². The van der Waals surface area contributed by atoms with Gasteiger partial charge in [0.2, 0.25) is 0 Å². The predicted octanol–water partition coefficient (Wildman–Crippen LogP) is 2.81. The van der Waals surface area contributed by atoms with Crippen molar-refractivity contribution in [1.82, 2.24) is 14.7 Å². The Labute approximate surface area is 139 Å². The molecule has 8 heteroatoms. The van der Waals surface area contributed by atoms with Crippen molar-refractivity contribution in [2.75, 3.05) is 13.1 Å². The molecule has 1 aromatic heterocycles. The van der Waals surface area contributed by atoms with Gasteiger partial charge in [0.15, 0.2) is 5.69 Å². The van der Waals surface area contributed by atoms with Crippen LogP contribution in [0.15, 0.2) is 6.20 Å². The lowest BCUT2D eigenvalue weighted by Crippen LogP contribution is -2.64. The van der Waals surface area contributed by atoms with E-state index < -0.39 is 11.6 Å². The zero-order valence-electron chi connectivity index (χ0n) is 13.4. The fourth-order valence-electron chi connectivity index (χ4n) is 3.41. The van der Waals surface area contributed by atoms with Gasteiger partial charge in [-0.25, -0.2) is 9.59 Å². The van der Waals surface area contributed by atoms with Gasteiger partial charge in [-0.05, 0) is 33.6 Å². The zero-order chi connectivity index (χ0) is 17.0. The van der Waals surface area contributed by atoms with E-state index in [2.05, 4.69) is 5.10 Å². The maximum Gasteiger partial charge on any atom is 0.410 e. The average Bonchev–Trinajstić information content (AvgIpc) is 2.65. The number of likely N-dealkylation sites (tertiary alicyclic amines) is 1. The van der Waals surface area contributed by atoms with Gasteiger partial charge in [-0.3, -0.25) is 4.68 Å². The van der Waals surface area contributed by atoms with E-state index in [1.54, 1.807) is 4.90 Å². The number of rotatable bonds is 2. The summed E-state index contributed by atoms with van der Waals surface area (Å²) >= 11 is 5.88. The standard InChI is InChI=1S/C15H20ClN3O4/c1-14(2,3)23-13(22)18-7-15(8-18)4-9(5-15)19-11(12(20)21)10(16)6-17-19/h6,9H,4-5,7-8H2,1-3H3,(H,20,21). The SMILES string of the molecule is CC(C)(C)OC(=O)N1CC2(CC(n3ncc(Cl)c3C(=O)O)C2)C1. The lowest BCUT2D eigenvalue weighted by Gasteiger charge is -2.58. The maximum atomic E-state index is 12.0. The van der Waals surface area contributed by atoms with Crippen LogP contribution in [0.3, 0.4) is 0 Å². The van der Waals surface area contributed by atoms with Gasteiger partial charge in [0.05, 0.1) is 17.3 Å². The fraction of sp³-hybridized carbons (Fsp3) is 0.667. The van der Waals surface area contributed by atoms with E-state index in [-0.39, 0.29) is 28.3 Å². The van der Waals surface area contributed by atoms with E-state index in [0.717, 1.165) is 12.8 Å². The molecule has 1 aliphatic heterocycles. The molecular formula is C15H20ClN3O4. The minimum Gasteiger partial charge on any atom is -0.476 e. The minimum atomic E-state index is -1.07. The third kappa shape index (κ3) is 2.89. The second-order valence-electron chi connectivity index (χ2n) is 7.49. The molecule has 2 fully saturated rings. The number of hydrogen-bond acceptors (Lipinski definition) is 4. The topological polar surface area (TPSA) is 84.7 Å². The molecule has 1 amide bonds. The highest BCUT2D eigenvalue weighted by Crippen LogP contribution is 2.54. The van der Waals surface area contributed by atoms with Crippen LogP contribution in [-0.2, 0) is 4.74 Å². The van der Waals surface area contributed by atoms with Crippen molar-refractivity contribution >= 4 is 23.7 Å². The quantitative estimate of drug-likeness (QED) is 0.894. The molecule has 0 unspecified atom stereocenters. The van der Waals surface area contributed by atoms with Crippen molar-refractivity contribution in [2.45, 2.75) is 45.3 Å². The molecule has 126 valence electrons. The first-order valence-electron chi connectivity index (χ1n) is 7.54. The molecule has 7 nitrogen and oxygen atoms in total. The highest BCUT2D eigenvalue weighted by molar-refractivity contribution is 6.33. The smallest absolute Gasteiger partial charge is 0.410 e. The largest absolute Gasteiger partial charge is 0.476 e. The first kappa shape index (κ1) is 16.1. The van der Waals surface area contributed by atoms with Crippen LogP contribution >= 0.6 is 11.6 Å². The minimum absolute atomic E-state index is 0.0226. The van der Waals surface area contributed by atoms with Crippen LogP contribution in [0, 0.1) is 5.41 Å². The van der Waals surface area contributed by atoms with Crippen LogP contribution in [0.1, 0.15) is 50.1 Å². The number of halogens is 1. The van der Waals surface area contributed by atoms with Gasteiger partial charge in [-0.15, -0.1) is 0 Å². The van der Waals surface area contributed by atoms with Crippen molar-refractivity contribution < 1.29 is 19.4 Å². The summed E-state index contributed by atoms with van der Waals surface area (Å²) in [7, 11) is 0. The Hall–Kier alpha value is -1.76. The number of carboxylic acids is 1. The summed E-state index contributed by atoms with van der Waals surface area (Å²) in [5.74, 6) is -1.07. The number of hydrogen-bond donors (Lipinski definition) is 1. The van der Waals surface area contributed by atoms with Crippen LogP contribution in [0.4, 0.5) is 4.79 Å². The number of carbonyl (C=O) groups excluding carboxylic acids is 1. The van der Waals surface area contributed by atoms with Gasteiger partial charge >= 0.3 is 12.1 Å². The lowest BCUT2D eigenvalue weighted by atomic mass is 9.61. The summed E-state index contributed by atoms with van der Waals surface area (Å²) in [6, 6.07) is 0.0226. The molecule has 1 aromatic rings. The van der Waals surface area contributed by atoms with Gasteiger partial charge in [0.1, 0.15) is 5.60 Å². The molecule has 0 bridgehead atoms. The highest BCUT2D eigenvalue weighted by atomic mass is 35.5. The Morgan fingerprint density at radius 2 is 2.00 bits per heavy atom. The van der Waals surface area contributed by atoms with E-state index in [1.165, 1.54) is 10.9 Å². The van der Waals surface area contributed by atoms with Gasteiger partial charge in [-0.2, -0.15) is 5.10 Å². The van der Waals surface area contributed by atoms with Gasteiger partial charge in [-0.1, -0.05) is 11.6 Å². The molecule has 1 saturated carbocycles. The Morgan fingerprint density at radius 1 is 1.39 bits per heavy atom. The Balaban J connectivity index is 1.57. The van der Waals surface area contributed by atoms with Crippen LogP contribution in [0.25, 0.3) is 0 Å². The van der Waals surface area contributed by atoms with E-state index in [9.17, 15) is 14.7 Å². The summed E-state index contributed by atoms with van der Waals surface area (Å²) in [6.45, 7) is 6.82. The molecule has 3 rings (SSSR count). The third-order valence-electron chi connectivity index (χ3n) is 4.34. The molecule has 1 spiro atoms. The molecule has 1 aliphatic carbocycles. The molecule has 23 heavy (non-hydrogen) atoms. The van der Waals surface area contributed by atoms with Gasteiger partial charge in [0.25, 0.3) is 0 Å². The number of amides is 1. The number of aromatic carboxylic acids is 1. The Morgan fingerprint density at radius 3 is 2.52 bits per heavy atom. The first-order chi connectivity index (χ1) is 10.6. The fourth-order valence-corrected chi connectivity index (χ4v) is 3.62. The molecule has 1 saturated heterocycles. The van der Waals surface area contributed by atoms with Crippen molar-refractivity contribution in [2.24, 2.45) is 5.41 Å². The van der Waals surface area contributed by atoms with E-state index in [4.69, 9.17) is 16.3 Å². The van der Waals surface area contributed by atoms with E-state index in [1.807, 2.05) is 20.8 Å². The zero-order valence-corrected chi connectivity index (χ0v) is 14.1. The van der Waals surface area contributed by atoms with Crippen LogP contribution in [0.5, 0.6) is 0 Å². The molecule has 2 aliphatic rings. The molecule has 0 radical (unpaired) electrons. The average molecular weight is 342 g/mol. The normalized spacial score (nSPS) is 20.1. The monoisotopic (exact) mass is 341 g/mol. The summed E-state index contributed by atoms with van der Waals surface area (Å²) < 4.78 is 6.84. The number of nitrogens with zero attached hydrogens (tertiary/aromatic N) is 3.